The van der Waals surface area contributed by atoms with Gasteiger partial charge in [0.1, 0.15) is 0 Å². The Kier molecular flexibility index (Phi) is 3.93. The van der Waals surface area contributed by atoms with E-state index in [1.165, 1.54) is 17.9 Å². The van der Waals surface area contributed by atoms with E-state index in [2.05, 4.69) is 10.3 Å². The highest BCUT2D eigenvalue weighted by molar-refractivity contribution is 7.99. The number of methoxy groups -OCH3 is 1. The molecular weight excluding hydrogens is 220 g/mol. The third-order valence-electron chi connectivity index (χ3n) is 2.83. The molecule has 0 aliphatic carbocycles. The molecule has 0 bridgehead atoms. The number of rotatable bonds is 4. The van der Waals surface area contributed by atoms with Gasteiger partial charge in [-0.25, -0.2) is 0 Å². The van der Waals surface area contributed by atoms with E-state index >= 15 is 0 Å². The molecule has 0 amide bonds. The van der Waals surface area contributed by atoms with Gasteiger partial charge >= 0.3 is 0 Å². The Labute approximate surface area is 101 Å². The van der Waals surface area contributed by atoms with Crippen molar-refractivity contribution in [2.75, 3.05) is 30.5 Å². The summed E-state index contributed by atoms with van der Waals surface area (Å²) in [6.45, 7) is 3.03. The topological polar surface area (TPSA) is 34.1 Å². The van der Waals surface area contributed by atoms with Crippen LogP contribution in [0.25, 0.3) is 0 Å². The minimum Gasteiger partial charge on any atom is -0.493 e. The van der Waals surface area contributed by atoms with Crippen LogP contribution < -0.4 is 10.1 Å². The number of hydrogen-bond donors (Lipinski definition) is 1. The Morgan fingerprint density at radius 1 is 1.62 bits per heavy atom. The van der Waals surface area contributed by atoms with Gasteiger partial charge in [-0.1, -0.05) is 0 Å². The molecule has 4 heteroatoms. The van der Waals surface area contributed by atoms with Gasteiger partial charge in [-0.2, -0.15) is 11.8 Å². The first-order valence-electron chi connectivity index (χ1n) is 5.62. The summed E-state index contributed by atoms with van der Waals surface area (Å²) in [6, 6.07) is 2.04. The van der Waals surface area contributed by atoms with Gasteiger partial charge in [0.25, 0.3) is 0 Å². The largest absolute Gasteiger partial charge is 0.493 e. The molecule has 1 saturated heterocycles. The van der Waals surface area contributed by atoms with Gasteiger partial charge in [-0.3, -0.25) is 4.98 Å². The summed E-state index contributed by atoms with van der Waals surface area (Å²) in [5.74, 6) is 4.21. The van der Waals surface area contributed by atoms with Crippen molar-refractivity contribution in [3.63, 3.8) is 0 Å². The number of thioether (sulfide) groups is 1. The van der Waals surface area contributed by atoms with Gasteiger partial charge in [-0.15, -0.1) is 0 Å². The van der Waals surface area contributed by atoms with E-state index in [1.807, 2.05) is 24.8 Å². The summed E-state index contributed by atoms with van der Waals surface area (Å²) < 4.78 is 5.29. The van der Waals surface area contributed by atoms with E-state index in [9.17, 15) is 0 Å². The Hall–Kier alpha value is -0.900. The lowest BCUT2D eigenvalue weighted by Crippen LogP contribution is -2.14. The van der Waals surface area contributed by atoms with Crippen LogP contribution in [-0.4, -0.2) is 30.1 Å². The SMILES string of the molecule is COc1cnc(C)cc1NCC1CCSC1. The van der Waals surface area contributed by atoms with Crippen molar-refractivity contribution < 1.29 is 4.74 Å². The molecule has 0 aromatic carbocycles. The standard InChI is InChI=1S/C12H18N2OS/c1-9-5-11(12(15-2)7-13-9)14-6-10-3-4-16-8-10/h5,7,10H,3-4,6,8H2,1-2H3,(H,13,14). The summed E-state index contributed by atoms with van der Waals surface area (Å²) in [7, 11) is 1.68. The highest BCUT2D eigenvalue weighted by Gasteiger charge is 2.15. The first-order chi connectivity index (χ1) is 7.79. The van der Waals surface area contributed by atoms with Crippen LogP contribution in [0, 0.1) is 12.8 Å². The smallest absolute Gasteiger partial charge is 0.160 e. The number of ether oxygens (including phenoxy) is 1. The van der Waals surface area contributed by atoms with E-state index < -0.39 is 0 Å². The normalized spacial score (nSPS) is 19.8. The molecule has 1 atom stereocenters. The quantitative estimate of drug-likeness (QED) is 0.874. The lowest BCUT2D eigenvalue weighted by Gasteiger charge is -2.14. The van der Waals surface area contributed by atoms with E-state index in [4.69, 9.17) is 4.74 Å². The molecule has 1 fully saturated rings. The van der Waals surface area contributed by atoms with Gasteiger partial charge in [0.2, 0.25) is 0 Å². The van der Waals surface area contributed by atoms with Gasteiger partial charge in [0.05, 0.1) is 19.0 Å². The van der Waals surface area contributed by atoms with Crippen molar-refractivity contribution in [3.8, 4) is 5.75 Å². The number of anilines is 1. The molecule has 0 spiro atoms. The summed E-state index contributed by atoms with van der Waals surface area (Å²) in [5.41, 5.74) is 2.08. The average molecular weight is 238 g/mol. The van der Waals surface area contributed by atoms with Gasteiger partial charge in [0, 0.05) is 12.2 Å². The molecule has 3 nitrogen and oxygen atoms in total. The summed E-state index contributed by atoms with van der Waals surface area (Å²) in [4.78, 5) is 4.22. The van der Waals surface area contributed by atoms with Crippen molar-refractivity contribution in [1.29, 1.82) is 0 Å². The van der Waals surface area contributed by atoms with Crippen LogP contribution in [0.3, 0.4) is 0 Å². The molecule has 1 aromatic rings. The molecule has 16 heavy (non-hydrogen) atoms. The second-order valence-electron chi connectivity index (χ2n) is 4.14. The van der Waals surface area contributed by atoms with E-state index in [-0.39, 0.29) is 0 Å². The van der Waals surface area contributed by atoms with Crippen molar-refractivity contribution in [2.24, 2.45) is 5.92 Å². The second-order valence-corrected chi connectivity index (χ2v) is 5.29. The lowest BCUT2D eigenvalue weighted by molar-refractivity contribution is 0.414. The number of nitrogens with zero attached hydrogens (tertiary/aromatic N) is 1. The summed E-state index contributed by atoms with van der Waals surface area (Å²) in [6.07, 6.45) is 3.10. The molecule has 88 valence electrons. The van der Waals surface area contributed by atoms with Gasteiger partial charge < -0.3 is 10.1 Å². The van der Waals surface area contributed by atoms with Crippen LogP contribution in [0.15, 0.2) is 12.3 Å². The molecule has 1 aliphatic heterocycles. The minimum absolute atomic E-state index is 0.795. The van der Waals surface area contributed by atoms with Crippen LogP contribution in [0.2, 0.25) is 0 Å². The first kappa shape index (κ1) is 11.6. The molecule has 0 saturated carbocycles. The van der Waals surface area contributed by atoms with Crippen LogP contribution >= 0.6 is 11.8 Å². The van der Waals surface area contributed by atoms with Crippen molar-refractivity contribution >= 4 is 17.4 Å². The zero-order valence-electron chi connectivity index (χ0n) is 9.82. The molecule has 2 heterocycles. The van der Waals surface area contributed by atoms with Gasteiger partial charge in [0.15, 0.2) is 5.75 Å². The van der Waals surface area contributed by atoms with Crippen LogP contribution in [-0.2, 0) is 0 Å². The zero-order chi connectivity index (χ0) is 11.4. The first-order valence-corrected chi connectivity index (χ1v) is 6.77. The van der Waals surface area contributed by atoms with Crippen molar-refractivity contribution in [2.45, 2.75) is 13.3 Å². The molecule has 1 unspecified atom stereocenters. The maximum atomic E-state index is 5.29. The van der Waals surface area contributed by atoms with E-state index in [0.717, 1.165) is 29.6 Å². The minimum atomic E-state index is 0.795. The van der Waals surface area contributed by atoms with Crippen LogP contribution in [0.1, 0.15) is 12.1 Å². The molecule has 0 radical (unpaired) electrons. The van der Waals surface area contributed by atoms with Crippen LogP contribution in [0.4, 0.5) is 5.69 Å². The van der Waals surface area contributed by atoms with E-state index in [0.29, 0.717) is 0 Å². The van der Waals surface area contributed by atoms with Crippen LogP contribution in [0.5, 0.6) is 5.75 Å². The predicted octanol–water partition coefficient (Wildman–Crippen LogP) is 2.56. The summed E-state index contributed by atoms with van der Waals surface area (Å²) in [5, 5.41) is 3.47. The number of nitrogens with one attached hydrogen (secondary N) is 1. The Bertz CT molecular complexity index is 351. The third-order valence-corrected chi connectivity index (χ3v) is 4.06. The predicted molar refractivity (Wildman–Crippen MR) is 69.4 cm³/mol. The zero-order valence-corrected chi connectivity index (χ0v) is 10.6. The fraction of sp³-hybridized carbons (Fsp3) is 0.583. The molecular formula is C12H18N2OS. The highest BCUT2D eigenvalue weighted by Crippen LogP contribution is 2.27. The second kappa shape index (κ2) is 5.43. The summed E-state index contributed by atoms with van der Waals surface area (Å²) >= 11 is 2.05. The number of hydrogen-bond acceptors (Lipinski definition) is 4. The highest BCUT2D eigenvalue weighted by atomic mass is 32.2. The van der Waals surface area contributed by atoms with Crippen molar-refractivity contribution in [1.82, 2.24) is 4.98 Å². The monoisotopic (exact) mass is 238 g/mol. The Morgan fingerprint density at radius 3 is 3.19 bits per heavy atom. The van der Waals surface area contributed by atoms with Crippen molar-refractivity contribution in [3.05, 3.63) is 18.0 Å². The third kappa shape index (κ3) is 2.82. The maximum absolute atomic E-state index is 5.29. The molecule has 1 N–H and O–H groups in total. The molecule has 1 aliphatic rings. The molecule has 2 rings (SSSR count). The number of aromatic nitrogens is 1. The van der Waals surface area contributed by atoms with E-state index in [1.54, 1.807) is 13.3 Å². The number of pyridine rings is 1. The Balaban J connectivity index is 1.98. The fourth-order valence-corrected chi connectivity index (χ4v) is 3.13. The lowest BCUT2D eigenvalue weighted by atomic mass is 10.1. The maximum Gasteiger partial charge on any atom is 0.160 e. The average Bonchev–Trinajstić information content (AvgIpc) is 2.79. The Morgan fingerprint density at radius 2 is 2.50 bits per heavy atom. The fourth-order valence-electron chi connectivity index (χ4n) is 1.85. The number of aryl methyl sites for hydroxylation is 1. The van der Waals surface area contributed by atoms with Gasteiger partial charge in [-0.05, 0) is 36.8 Å². The molecule has 1 aromatic heterocycles.